The molecule has 0 radical (unpaired) electrons. The monoisotopic (exact) mass is 181 g/mol. The standard InChI is InChI=1S/C10H15NO2/c1-7-5-9(13-4-3-12)6-8(2)10(7)11/h5-6,12H,3-4,11H2,1-2H3. The number of aliphatic hydroxyl groups is 1. The molecule has 3 heteroatoms. The lowest BCUT2D eigenvalue weighted by Gasteiger charge is -2.09. The van der Waals surface area contributed by atoms with Gasteiger partial charge in [0.15, 0.2) is 0 Å². The molecule has 3 nitrogen and oxygen atoms in total. The third-order valence-corrected chi connectivity index (χ3v) is 1.93. The van der Waals surface area contributed by atoms with Crippen LogP contribution in [-0.2, 0) is 0 Å². The van der Waals surface area contributed by atoms with Crippen LogP contribution >= 0.6 is 0 Å². The average molecular weight is 181 g/mol. The van der Waals surface area contributed by atoms with Crippen LogP contribution in [0.1, 0.15) is 11.1 Å². The lowest BCUT2D eigenvalue weighted by Crippen LogP contribution is -2.03. The number of aryl methyl sites for hydroxylation is 2. The number of nitrogen functional groups attached to an aromatic ring is 1. The Labute approximate surface area is 78.1 Å². The van der Waals surface area contributed by atoms with E-state index >= 15 is 0 Å². The molecule has 1 aromatic carbocycles. The molecule has 1 rings (SSSR count). The first-order valence-electron chi connectivity index (χ1n) is 4.25. The van der Waals surface area contributed by atoms with Crippen LogP contribution < -0.4 is 10.5 Å². The minimum absolute atomic E-state index is 0.0302. The molecule has 0 heterocycles. The summed E-state index contributed by atoms with van der Waals surface area (Å²) in [5.41, 5.74) is 8.59. The Morgan fingerprint density at radius 3 is 2.31 bits per heavy atom. The van der Waals surface area contributed by atoms with Crippen molar-refractivity contribution < 1.29 is 9.84 Å². The zero-order chi connectivity index (χ0) is 9.84. The zero-order valence-corrected chi connectivity index (χ0v) is 8.00. The summed E-state index contributed by atoms with van der Waals surface area (Å²) in [4.78, 5) is 0. The molecular formula is C10H15NO2. The minimum Gasteiger partial charge on any atom is -0.491 e. The Bertz CT molecular complexity index is 274. The van der Waals surface area contributed by atoms with Crippen molar-refractivity contribution in [1.29, 1.82) is 0 Å². The fraction of sp³-hybridized carbons (Fsp3) is 0.400. The molecule has 13 heavy (non-hydrogen) atoms. The molecule has 0 bridgehead atoms. The molecule has 0 spiro atoms. The van der Waals surface area contributed by atoms with Gasteiger partial charge in [0.1, 0.15) is 12.4 Å². The number of nitrogens with two attached hydrogens (primary N) is 1. The van der Waals surface area contributed by atoms with E-state index in [9.17, 15) is 0 Å². The van der Waals surface area contributed by atoms with Gasteiger partial charge in [-0.15, -0.1) is 0 Å². The highest BCUT2D eigenvalue weighted by atomic mass is 16.5. The smallest absolute Gasteiger partial charge is 0.120 e. The molecular weight excluding hydrogens is 166 g/mol. The van der Waals surface area contributed by atoms with Gasteiger partial charge in [-0.2, -0.15) is 0 Å². The van der Waals surface area contributed by atoms with Crippen LogP contribution in [0.3, 0.4) is 0 Å². The van der Waals surface area contributed by atoms with Crippen LogP contribution in [-0.4, -0.2) is 18.3 Å². The second kappa shape index (κ2) is 4.14. The van der Waals surface area contributed by atoms with E-state index in [1.807, 2.05) is 26.0 Å². The molecule has 0 aliphatic carbocycles. The van der Waals surface area contributed by atoms with E-state index in [0.717, 1.165) is 22.6 Å². The molecule has 72 valence electrons. The fourth-order valence-corrected chi connectivity index (χ4v) is 1.18. The lowest BCUT2D eigenvalue weighted by atomic mass is 10.1. The van der Waals surface area contributed by atoms with Gasteiger partial charge in [-0.3, -0.25) is 0 Å². The van der Waals surface area contributed by atoms with E-state index < -0.39 is 0 Å². The molecule has 0 saturated carbocycles. The van der Waals surface area contributed by atoms with Crippen molar-refractivity contribution in [3.63, 3.8) is 0 Å². The van der Waals surface area contributed by atoms with E-state index in [1.165, 1.54) is 0 Å². The molecule has 0 aliphatic rings. The summed E-state index contributed by atoms with van der Waals surface area (Å²) in [5.74, 6) is 0.762. The maximum absolute atomic E-state index is 8.57. The molecule has 3 N–H and O–H groups in total. The van der Waals surface area contributed by atoms with Crippen molar-refractivity contribution >= 4 is 5.69 Å². The molecule has 0 unspecified atom stereocenters. The number of rotatable bonds is 3. The Kier molecular flexibility index (Phi) is 3.14. The second-order valence-electron chi connectivity index (χ2n) is 3.04. The minimum atomic E-state index is 0.0302. The summed E-state index contributed by atoms with van der Waals surface area (Å²) in [6.45, 7) is 4.23. The number of benzene rings is 1. The number of ether oxygens (including phenoxy) is 1. The van der Waals surface area contributed by atoms with Crippen molar-refractivity contribution in [3.05, 3.63) is 23.3 Å². The molecule has 0 atom stereocenters. The molecule has 0 saturated heterocycles. The van der Waals surface area contributed by atoms with E-state index in [2.05, 4.69) is 0 Å². The van der Waals surface area contributed by atoms with Gasteiger partial charge in [-0.1, -0.05) is 0 Å². The normalized spacial score (nSPS) is 10.1. The van der Waals surface area contributed by atoms with Crippen LogP contribution in [0.25, 0.3) is 0 Å². The highest BCUT2D eigenvalue weighted by Gasteiger charge is 2.01. The van der Waals surface area contributed by atoms with Gasteiger partial charge in [-0.25, -0.2) is 0 Å². The lowest BCUT2D eigenvalue weighted by molar-refractivity contribution is 0.201. The number of anilines is 1. The van der Waals surface area contributed by atoms with Crippen molar-refractivity contribution in [2.75, 3.05) is 18.9 Å². The highest BCUT2D eigenvalue weighted by Crippen LogP contribution is 2.23. The number of aliphatic hydroxyl groups excluding tert-OH is 1. The topological polar surface area (TPSA) is 55.5 Å². The second-order valence-corrected chi connectivity index (χ2v) is 3.04. The van der Waals surface area contributed by atoms with Crippen molar-refractivity contribution in [2.24, 2.45) is 0 Å². The van der Waals surface area contributed by atoms with Crippen LogP contribution in [0.4, 0.5) is 5.69 Å². The Morgan fingerprint density at radius 2 is 1.85 bits per heavy atom. The van der Waals surface area contributed by atoms with Crippen LogP contribution in [0, 0.1) is 13.8 Å². The maximum atomic E-state index is 8.57. The van der Waals surface area contributed by atoms with E-state index in [0.29, 0.717) is 6.61 Å². The Morgan fingerprint density at radius 1 is 1.31 bits per heavy atom. The SMILES string of the molecule is Cc1cc(OCCO)cc(C)c1N. The third-order valence-electron chi connectivity index (χ3n) is 1.93. The van der Waals surface area contributed by atoms with Gasteiger partial charge in [0.2, 0.25) is 0 Å². The average Bonchev–Trinajstić information content (AvgIpc) is 2.10. The Hall–Kier alpha value is -1.22. The third kappa shape index (κ3) is 2.36. The summed E-state index contributed by atoms with van der Waals surface area (Å²) in [5, 5.41) is 8.57. The van der Waals surface area contributed by atoms with Gasteiger partial charge in [0.25, 0.3) is 0 Å². The first kappa shape index (κ1) is 9.86. The predicted octanol–water partition coefficient (Wildman–Crippen LogP) is 1.26. The quantitative estimate of drug-likeness (QED) is 0.690. The molecule has 1 aromatic rings. The van der Waals surface area contributed by atoms with Crippen molar-refractivity contribution in [2.45, 2.75) is 13.8 Å². The summed E-state index contributed by atoms with van der Waals surface area (Å²) < 4.78 is 5.27. The predicted molar refractivity (Wildman–Crippen MR) is 52.9 cm³/mol. The van der Waals surface area contributed by atoms with Crippen LogP contribution in [0.2, 0.25) is 0 Å². The van der Waals surface area contributed by atoms with Gasteiger partial charge in [-0.05, 0) is 37.1 Å². The maximum Gasteiger partial charge on any atom is 0.120 e. The summed E-state index contributed by atoms with van der Waals surface area (Å²) in [6, 6.07) is 3.75. The summed E-state index contributed by atoms with van der Waals surface area (Å²) in [6.07, 6.45) is 0. The molecule has 0 fully saturated rings. The molecule has 0 aliphatic heterocycles. The number of hydrogen-bond donors (Lipinski definition) is 2. The molecule has 0 amide bonds. The first-order valence-corrected chi connectivity index (χ1v) is 4.25. The fourth-order valence-electron chi connectivity index (χ4n) is 1.18. The van der Waals surface area contributed by atoms with Gasteiger partial charge < -0.3 is 15.6 Å². The van der Waals surface area contributed by atoms with Crippen molar-refractivity contribution in [3.8, 4) is 5.75 Å². The van der Waals surface area contributed by atoms with Crippen molar-refractivity contribution in [1.82, 2.24) is 0 Å². The highest BCUT2D eigenvalue weighted by molar-refractivity contribution is 5.55. The van der Waals surface area contributed by atoms with E-state index in [1.54, 1.807) is 0 Å². The zero-order valence-electron chi connectivity index (χ0n) is 8.00. The number of hydrogen-bond acceptors (Lipinski definition) is 3. The largest absolute Gasteiger partial charge is 0.491 e. The van der Waals surface area contributed by atoms with Crippen LogP contribution in [0.15, 0.2) is 12.1 Å². The van der Waals surface area contributed by atoms with Gasteiger partial charge >= 0.3 is 0 Å². The van der Waals surface area contributed by atoms with Gasteiger partial charge in [0.05, 0.1) is 6.61 Å². The Balaban J connectivity index is 2.86. The first-order chi connectivity index (χ1) is 6.15. The summed E-state index contributed by atoms with van der Waals surface area (Å²) >= 11 is 0. The van der Waals surface area contributed by atoms with E-state index in [-0.39, 0.29) is 6.61 Å². The van der Waals surface area contributed by atoms with Gasteiger partial charge in [0, 0.05) is 5.69 Å². The van der Waals surface area contributed by atoms with E-state index in [4.69, 9.17) is 15.6 Å². The van der Waals surface area contributed by atoms with Crippen LogP contribution in [0.5, 0.6) is 5.75 Å². The summed E-state index contributed by atoms with van der Waals surface area (Å²) in [7, 11) is 0. The molecule has 0 aromatic heterocycles.